The van der Waals surface area contributed by atoms with Crippen LogP contribution in [0.2, 0.25) is 0 Å². The molecule has 1 aromatic carbocycles. The molecule has 0 saturated heterocycles. The second-order valence-electron chi connectivity index (χ2n) is 6.25. The summed E-state index contributed by atoms with van der Waals surface area (Å²) in [5.74, 6) is 1.92. The van der Waals surface area contributed by atoms with E-state index in [0.717, 1.165) is 24.3 Å². The van der Waals surface area contributed by atoms with Gasteiger partial charge in [-0.25, -0.2) is 0 Å². The van der Waals surface area contributed by atoms with Gasteiger partial charge in [-0.15, -0.1) is 11.3 Å². The van der Waals surface area contributed by atoms with Crippen LogP contribution in [-0.4, -0.2) is 38.2 Å². The third-order valence-corrected chi connectivity index (χ3v) is 5.23. The normalized spacial score (nSPS) is 10.6. The van der Waals surface area contributed by atoms with Crippen molar-refractivity contribution in [3.8, 4) is 11.5 Å². The van der Waals surface area contributed by atoms with Gasteiger partial charge in [-0.05, 0) is 30.9 Å². The van der Waals surface area contributed by atoms with Gasteiger partial charge >= 0.3 is 11.9 Å². The van der Waals surface area contributed by atoms with Crippen molar-refractivity contribution >= 4 is 33.3 Å². The quantitative estimate of drug-likeness (QED) is 0.152. The minimum Gasteiger partial charge on any atom is -0.490 e. The summed E-state index contributed by atoms with van der Waals surface area (Å²) >= 11 is 1.76. The number of hydrogen-bond acceptors (Lipinski definition) is 3. The molecule has 0 radical (unpaired) electrons. The first-order chi connectivity index (χ1) is 12.9. The van der Waals surface area contributed by atoms with E-state index in [1.54, 1.807) is 11.3 Å². The van der Waals surface area contributed by atoms with Crippen molar-refractivity contribution in [1.82, 2.24) is 0 Å². The van der Waals surface area contributed by atoms with Crippen LogP contribution in [0.15, 0.2) is 12.1 Å². The molecule has 9 heteroatoms. The van der Waals surface area contributed by atoms with E-state index in [1.807, 2.05) is 0 Å². The molecule has 0 aliphatic heterocycles. The molecule has 0 saturated carbocycles. The van der Waals surface area contributed by atoms with Gasteiger partial charge in [0.1, 0.15) is 0 Å². The van der Waals surface area contributed by atoms with Gasteiger partial charge < -0.3 is 9.47 Å². The summed E-state index contributed by atoms with van der Waals surface area (Å²) in [5, 5.41) is 1.20. The molecule has 2 aromatic rings. The van der Waals surface area contributed by atoms with Gasteiger partial charge in [0.05, 0.1) is 26.3 Å². The third-order valence-electron chi connectivity index (χ3n) is 4.06. The van der Waals surface area contributed by atoms with E-state index in [2.05, 4.69) is 36.0 Å². The highest BCUT2D eigenvalue weighted by Gasteiger charge is 2.13. The number of nitrogens with one attached hydrogen (secondary N) is 2. The van der Waals surface area contributed by atoms with E-state index in [9.17, 15) is 0 Å². The van der Waals surface area contributed by atoms with Crippen molar-refractivity contribution < 1.29 is 19.5 Å². The summed E-state index contributed by atoms with van der Waals surface area (Å²) in [7, 11) is 0. The minimum absolute atomic E-state index is 0.216. The fourth-order valence-corrected chi connectivity index (χ4v) is 3.63. The lowest BCUT2D eigenvalue weighted by Gasteiger charge is -2.13. The average molecular weight is 395 g/mol. The molecule has 148 valence electrons. The second kappa shape index (κ2) is 9.86. The Balaban J connectivity index is 2.08. The zero-order valence-corrected chi connectivity index (χ0v) is 16.7. The Kier molecular flexibility index (Phi) is 7.54. The number of nitrogens with two attached hydrogens (primary N) is 4. The molecule has 0 fully saturated rings. The first-order valence-electron chi connectivity index (χ1n) is 8.91. The molecule has 1 heterocycles. The van der Waals surface area contributed by atoms with Crippen molar-refractivity contribution in [2.75, 3.05) is 26.3 Å². The van der Waals surface area contributed by atoms with Gasteiger partial charge in [-0.1, -0.05) is 0 Å². The number of fused-ring (bicyclic) bond motifs is 1. The monoisotopic (exact) mass is 394 g/mol. The summed E-state index contributed by atoms with van der Waals surface area (Å²) < 4.78 is 13.1. The molecule has 0 aliphatic rings. The van der Waals surface area contributed by atoms with E-state index >= 15 is 0 Å². The molecular weight excluding hydrogens is 364 g/mol. The number of rotatable bonds is 10. The lowest BCUT2D eigenvalue weighted by atomic mass is 10.1. The van der Waals surface area contributed by atoms with Crippen molar-refractivity contribution in [3.05, 3.63) is 22.6 Å². The van der Waals surface area contributed by atoms with Crippen LogP contribution in [0.5, 0.6) is 11.5 Å². The minimum atomic E-state index is 0.216. The molecule has 2 rings (SSSR count). The number of guanidine groups is 2. The van der Waals surface area contributed by atoms with Crippen LogP contribution in [-0.2, 0) is 0 Å². The molecular formula is C18H30N6O2S+2. The Hall–Kier alpha value is -2.68. The maximum atomic E-state index is 5.98. The van der Waals surface area contributed by atoms with Crippen LogP contribution in [0, 0.1) is 13.8 Å². The van der Waals surface area contributed by atoms with Crippen LogP contribution >= 0.6 is 11.3 Å². The van der Waals surface area contributed by atoms with Crippen LogP contribution < -0.4 is 42.4 Å². The number of hydrogen-bond donors (Lipinski definition) is 6. The Morgan fingerprint density at radius 3 is 1.93 bits per heavy atom. The van der Waals surface area contributed by atoms with Gasteiger partial charge in [0.15, 0.2) is 11.5 Å². The van der Waals surface area contributed by atoms with Crippen molar-refractivity contribution in [1.29, 1.82) is 0 Å². The van der Waals surface area contributed by atoms with E-state index in [4.69, 9.17) is 32.4 Å². The number of aryl methyl sites for hydroxylation is 2. The number of benzene rings is 1. The molecule has 0 unspecified atom stereocenters. The summed E-state index contributed by atoms with van der Waals surface area (Å²) in [4.78, 5) is 7.05. The molecule has 0 aliphatic carbocycles. The molecule has 0 atom stereocenters. The van der Waals surface area contributed by atoms with Crippen molar-refractivity contribution in [2.45, 2.75) is 26.7 Å². The van der Waals surface area contributed by atoms with Crippen molar-refractivity contribution in [3.63, 3.8) is 0 Å². The Morgan fingerprint density at radius 2 is 1.41 bits per heavy atom. The lowest BCUT2D eigenvalue weighted by Crippen LogP contribution is -2.78. The number of ether oxygens (including phenoxy) is 2. The molecule has 0 spiro atoms. The van der Waals surface area contributed by atoms with Gasteiger partial charge in [0.25, 0.3) is 0 Å². The highest BCUT2D eigenvalue weighted by Crippen LogP contribution is 2.39. The molecule has 0 amide bonds. The van der Waals surface area contributed by atoms with Gasteiger partial charge in [-0.3, -0.25) is 32.9 Å². The highest BCUT2D eigenvalue weighted by atomic mass is 32.1. The van der Waals surface area contributed by atoms with E-state index < -0.39 is 0 Å². The first kappa shape index (κ1) is 20.6. The van der Waals surface area contributed by atoms with E-state index in [-0.39, 0.29) is 11.9 Å². The molecule has 8 nitrogen and oxygen atoms in total. The summed E-state index contributed by atoms with van der Waals surface area (Å²) in [6.07, 6.45) is 1.54. The Bertz CT molecular complexity index is 823. The van der Waals surface area contributed by atoms with Gasteiger partial charge in [0, 0.05) is 28.5 Å². The predicted molar refractivity (Wildman–Crippen MR) is 110 cm³/mol. The number of thiophene rings is 1. The maximum absolute atomic E-state index is 5.98. The topological polar surface area (TPSA) is 150 Å². The zero-order valence-electron chi connectivity index (χ0n) is 15.9. The SMILES string of the molecule is Cc1sc2cc(OCCC[NH+]=C(N)N)c(OCCC[NH+]=C(N)N)cc2c1C. The fraction of sp³-hybridized carbons (Fsp3) is 0.444. The Labute approximate surface area is 163 Å². The smallest absolute Gasteiger partial charge is 0.338 e. The van der Waals surface area contributed by atoms with Crippen LogP contribution in [0.1, 0.15) is 23.3 Å². The van der Waals surface area contributed by atoms with Crippen LogP contribution in [0.25, 0.3) is 10.1 Å². The molecule has 0 bridgehead atoms. The lowest BCUT2D eigenvalue weighted by molar-refractivity contribution is -0.460. The Morgan fingerprint density at radius 1 is 0.889 bits per heavy atom. The predicted octanol–water partition coefficient (Wildman–Crippen LogP) is -2.24. The van der Waals surface area contributed by atoms with Gasteiger partial charge in [-0.2, -0.15) is 0 Å². The van der Waals surface area contributed by atoms with Crippen LogP contribution in [0.3, 0.4) is 0 Å². The van der Waals surface area contributed by atoms with Crippen molar-refractivity contribution in [2.24, 2.45) is 22.9 Å². The molecule has 27 heavy (non-hydrogen) atoms. The summed E-state index contributed by atoms with van der Waals surface area (Å²) in [5.41, 5.74) is 22.8. The first-order valence-corrected chi connectivity index (χ1v) is 9.73. The summed E-state index contributed by atoms with van der Waals surface area (Å²) in [6, 6.07) is 4.11. The average Bonchev–Trinajstić information content (AvgIpc) is 2.87. The maximum Gasteiger partial charge on any atom is 0.338 e. The largest absolute Gasteiger partial charge is 0.490 e. The zero-order chi connectivity index (χ0) is 19.8. The second-order valence-corrected chi connectivity index (χ2v) is 7.50. The van der Waals surface area contributed by atoms with Crippen LogP contribution in [0.4, 0.5) is 0 Å². The summed E-state index contributed by atoms with van der Waals surface area (Å²) in [6.45, 7) is 6.62. The van der Waals surface area contributed by atoms with E-state index in [1.165, 1.54) is 20.5 Å². The van der Waals surface area contributed by atoms with E-state index in [0.29, 0.717) is 26.3 Å². The fourth-order valence-electron chi connectivity index (χ4n) is 2.55. The molecule has 10 N–H and O–H groups in total. The van der Waals surface area contributed by atoms with Gasteiger partial charge in [0.2, 0.25) is 0 Å². The molecule has 1 aromatic heterocycles. The standard InChI is InChI=1S/C18H28N6O2S/c1-11-12(2)27-16-10-15(26-8-4-6-24-18(21)22)14(9-13(11)16)25-7-3-5-23-17(19)20/h9-10H,3-8H2,1-2H3,(H4,19,20,23)(H4,21,22,24)/p+2. The highest BCUT2D eigenvalue weighted by molar-refractivity contribution is 7.19. The third kappa shape index (κ3) is 6.21.